The summed E-state index contributed by atoms with van der Waals surface area (Å²) in [6, 6.07) is 8.01. The number of nitrogens with zero attached hydrogens (tertiary/aromatic N) is 1. The van der Waals surface area contributed by atoms with Gasteiger partial charge in [0, 0.05) is 25.4 Å². The Balaban J connectivity index is 2.03. The average Bonchev–Trinajstić information content (AvgIpc) is 3.08. The minimum atomic E-state index is -0.462. The van der Waals surface area contributed by atoms with Crippen molar-refractivity contribution in [3.05, 3.63) is 52.0 Å². The molecule has 0 fully saturated rings. The van der Waals surface area contributed by atoms with Gasteiger partial charge in [-0.25, -0.2) is 4.39 Å². The molecule has 7 heteroatoms. The fourth-order valence-corrected chi connectivity index (χ4v) is 3.24. The first kappa shape index (κ1) is 18.9. The molecule has 25 heavy (non-hydrogen) atoms. The lowest BCUT2D eigenvalue weighted by atomic mass is 10.1. The lowest BCUT2D eigenvalue weighted by molar-refractivity contribution is -0.131. The number of thiophene rings is 1. The largest absolute Gasteiger partial charge is 0.494 e. The summed E-state index contributed by atoms with van der Waals surface area (Å²) in [5.41, 5.74) is 0.668. The number of nitrogens with one attached hydrogen (secondary N) is 1. The van der Waals surface area contributed by atoms with Gasteiger partial charge in [-0.1, -0.05) is 12.1 Å². The zero-order chi connectivity index (χ0) is 18.4. The molecule has 0 aliphatic carbocycles. The molecule has 0 saturated carbocycles. The number of methoxy groups -OCH3 is 1. The number of rotatable bonds is 7. The number of carbonyl (C=O) groups excluding carboxylic acids is 2. The Labute approximate surface area is 150 Å². The van der Waals surface area contributed by atoms with Gasteiger partial charge in [-0.15, -0.1) is 11.3 Å². The Morgan fingerprint density at radius 1 is 1.36 bits per heavy atom. The third kappa shape index (κ3) is 5.29. The van der Waals surface area contributed by atoms with Crippen molar-refractivity contribution >= 4 is 23.2 Å². The minimum Gasteiger partial charge on any atom is -0.494 e. The molecule has 2 rings (SSSR count). The van der Waals surface area contributed by atoms with E-state index in [1.54, 1.807) is 13.1 Å². The maximum atomic E-state index is 13.8. The highest BCUT2D eigenvalue weighted by Crippen LogP contribution is 2.23. The van der Waals surface area contributed by atoms with Gasteiger partial charge in [0.2, 0.25) is 11.8 Å². The van der Waals surface area contributed by atoms with Gasteiger partial charge in [0.25, 0.3) is 0 Å². The maximum Gasteiger partial charge on any atom is 0.225 e. The first-order valence-electron chi connectivity index (χ1n) is 7.77. The smallest absolute Gasteiger partial charge is 0.225 e. The van der Waals surface area contributed by atoms with Crippen molar-refractivity contribution in [2.75, 3.05) is 14.2 Å². The molecule has 1 aromatic heterocycles. The van der Waals surface area contributed by atoms with Gasteiger partial charge in [0.15, 0.2) is 11.6 Å². The van der Waals surface area contributed by atoms with Crippen molar-refractivity contribution < 1.29 is 18.7 Å². The highest BCUT2D eigenvalue weighted by Gasteiger charge is 2.20. The second-order valence-electron chi connectivity index (χ2n) is 5.69. The van der Waals surface area contributed by atoms with E-state index >= 15 is 0 Å². The minimum absolute atomic E-state index is 0.136. The van der Waals surface area contributed by atoms with Crippen molar-refractivity contribution in [2.45, 2.75) is 25.9 Å². The Bertz CT molecular complexity index is 734. The first-order valence-corrected chi connectivity index (χ1v) is 8.65. The number of ether oxygens (including phenoxy) is 1. The lowest BCUT2D eigenvalue weighted by Gasteiger charge is -2.22. The highest BCUT2D eigenvalue weighted by atomic mass is 32.1. The fourth-order valence-electron chi connectivity index (χ4n) is 2.46. The van der Waals surface area contributed by atoms with Crippen LogP contribution in [0.5, 0.6) is 5.75 Å². The Kier molecular flexibility index (Phi) is 6.52. The Morgan fingerprint density at radius 3 is 2.68 bits per heavy atom. The molecule has 134 valence electrons. The van der Waals surface area contributed by atoms with E-state index < -0.39 is 5.82 Å². The van der Waals surface area contributed by atoms with E-state index in [0.29, 0.717) is 5.56 Å². The van der Waals surface area contributed by atoms with Crippen LogP contribution >= 0.6 is 11.3 Å². The van der Waals surface area contributed by atoms with E-state index in [4.69, 9.17) is 4.74 Å². The lowest BCUT2D eigenvalue weighted by Crippen LogP contribution is -2.33. The van der Waals surface area contributed by atoms with Gasteiger partial charge in [0.05, 0.1) is 19.6 Å². The average molecular weight is 364 g/mol. The van der Waals surface area contributed by atoms with E-state index in [9.17, 15) is 14.0 Å². The Hall–Kier alpha value is -2.41. The molecule has 2 amide bonds. The molecular weight excluding hydrogens is 343 g/mol. The van der Waals surface area contributed by atoms with Crippen LogP contribution in [0.2, 0.25) is 0 Å². The zero-order valence-corrected chi connectivity index (χ0v) is 15.2. The van der Waals surface area contributed by atoms with Gasteiger partial charge in [-0.3, -0.25) is 9.59 Å². The summed E-state index contributed by atoms with van der Waals surface area (Å²) in [5, 5.41) is 4.70. The molecule has 0 unspecified atom stereocenters. The topological polar surface area (TPSA) is 58.6 Å². The van der Waals surface area contributed by atoms with Gasteiger partial charge in [0.1, 0.15) is 0 Å². The van der Waals surface area contributed by atoms with E-state index in [1.807, 2.05) is 17.5 Å². The summed E-state index contributed by atoms with van der Waals surface area (Å²) in [7, 11) is 3.06. The summed E-state index contributed by atoms with van der Waals surface area (Å²) >= 11 is 1.49. The van der Waals surface area contributed by atoms with Crippen molar-refractivity contribution in [1.82, 2.24) is 10.2 Å². The predicted molar refractivity (Wildman–Crippen MR) is 94.9 cm³/mol. The molecule has 1 aromatic carbocycles. The zero-order valence-electron chi connectivity index (χ0n) is 14.4. The van der Waals surface area contributed by atoms with Crippen LogP contribution in [0.25, 0.3) is 0 Å². The highest BCUT2D eigenvalue weighted by molar-refractivity contribution is 7.10. The normalized spacial score (nSPS) is 11.7. The SMILES string of the molecule is COc1ccc(CN(C)C(=O)C[C@@H](NC(C)=O)c2cccs2)cc1F. The molecule has 1 N–H and O–H groups in total. The molecule has 1 heterocycles. The van der Waals surface area contributed by atoms with Gasteiger partial charge in [-0.05, 0) is 29.1 Å². The van der Waals surface area contributed by atoms with Crippen LogP contribution in [0.1, 0.15) is 29.8 Å². The standard InChI is InChI=1S/C18H21FN2O3S/c1-12(22)20-15(17-5-4-8-25-17)10-18(23)21(2)11-13-6-7-16(24-3)14(19)9-13/h4-9,15H,10-11H2,1-3H3,(H,20,22)/t15-/m1/s1. The number of benzene rings is 1. The molecular formula is C18H21FN2O3S. The molecule has 0 bridgehead atoms. The van der Waals surface area contributed by atoms with Crippen LogP contribution in [0.15, 0.2) is 35.7 Å². The summed E-state index contributed by atoms with van der Waals surface area (Å²) in [6.45, 7) is 1.70. The van der Waals surface area contributed by atoms with Crippen LogP contribution in [0.4, 0.5) is 4.39 Å². The number of carbonyl (C=O) groups is 2. The third-order valence-electron chi connectivity index (χ3n) is 3.70. The van der Waals surface area contributed by atoms with Crippen molar-refractivity contribution in [3.63, 3.8) is 0 Å². The molecule has 2 aromatic rings. The van der Waals surface area contributed by atoms with Crippen LogP contribution in [-0.4, -0.2) is 30.9 Å². The number of hydrogen-bond donors (Lipinski definition) is 1. The second-order valence-corrected chi connectivity index (χ2v) is 6.67. The molecule has 0 aliphatic heterocycles. The fraction of sp³-hybridized carbons (Fsp3) is 0.333. The van der Waals surface area contributed by atoms with Crippen molar-refractivity contribution in [3.8, 4) is 5.75 Å². The van der Waals surface area contributed by atoms with E-state index in [0.717, 1.165) is 4.88 Å². The van der Waals surface area contributed by atoms with E-state index in [-0.39, 0.29) is 36.6 Å². The summed E-state index contributed by atoms with van der Waals surface area (Å²) < 4.78 is 18.7. The second kappa shape index (κ2) is 8.62. The summed E-state index contributed by atoms with van der Waals surface area (Å²) in [5.74, 6) is -0.619. The molecule has 5 nitrogen and oxygen atoms in total. The monoisotopic (exact) mass is 364 g/mol. The van der Waals surface area contributed by atoms with Gasteiger partial charge >= 0.3 is 0 Å². The van der Waals surface area contributed by atoms with Crippen LogP contribution < -0.4 is 10.1 Å². The van der Waals surface area contributed by atoms with Crippen molar-refractivity contribution in [2.24, 2.45) is 0 Å². The Morgan fingerprint density at radius 2 is 2.12 bits per heavy atom. The van der Waals surface area contributed by atoms with Crippen LogP contribution in [-0.2, 0) is 16.1 Å². The molecule has 1 atom stereocenters. The van der Waals surface area contributed by atoms with E-state index in [2.05, 4.69) is 5.32 Å². The number of halogens is 1. The summed E-state index contributed by atoms with van der Waals surface area (Å²) in [4.78, 5) is 26.3. The predicted octanol–water partition coefficient (Wildman–Crippen LogP) is 3.12. The van der Waals surface area contributed by atoms with Crippen molar-refractivity contribution in [1.29, 1.82) is 0 Å². The number of hydrogen-bond acceptors (Lipinski definition) is 4. The maximum absolute atomic E-state index is 13.8. The molecule has 0 radical (unpaired) electrons. The van der Waals surface area contributed by atoms with Crippen LogP contribution in [0, 0.1) is 5.82 Å². The van der Waals surface area contributed by atoms with E-state index in [1.165, 1.54) is 42.4 Å². The molecule has 0 saturated heterocycles. The molecule has 0 spiro atoms. The summed E-state index contributed by atoms with van der Waals surface area (Å²) in [6.07, 6.45) is 0.148. The molecule has 0 aliphatic rings. The van der Waals surface area contributed by atoms with Gasteiger partial charge < -0.3 is 15.0 Å². The van der Waals surface area contributed by atoms with Gasteiger partial charge in [-0.2, -0.15) is 0 Å². The first-order chi connectivity index (χ1) is 11.9. The van der Waals surface area contributed by atoms with Crippen LogP contribution in [0.3, 0.4) is 0 Å². The quantitative estimate of drug-likeness (QED) is 0.821. The number of amides is 2. The third-order valence-corrected chi connectivity index (χ3v) is 4.69.